The summed E-state index contributed by atoms with van der Waals surface area (Å²) < 4.78 is 5.21. The first-order valence-corrected chi connectivity index (χ1v) is 5.64. The molecule has 0 fully saturated rings. The van der Waals surface area contributed by atoms with Crippen molar-refractivity contribution in [2.75, 3.05) is 7.11 Å². The number of benzene rings is 1. The lowest BCUT2D eigenvalue weighted by Gasteiger charge is -2.14. The SMILES string of the molecule is COc1cccc([C@@H](C)NCc2cnc[nH]2)c1. The molecule has 0 saturated carbocycles. The molecule has 0 aliphatic heterocycles. The van der Waals surface area contributed by atoms with Crippen molar-refractivity contribution in [3.05, 3.63) is 48.0 Å². The van der Waals surface area contributed by atoms with Crippen LogP contribution in [0.3, 0.4) is 0 Å². The van der Waals surface area contributed by atoms with Crippen molar-refractivity contribution in [3.8, 4) is 5.75 Å². The Morgan fingerprint density at radius 1 is 1.47 bits per heavy atom. The molecular formula is C13H17N3O. The van der Waals surface area contributed by atoms with Crippen LogP contribution in [0.1, 0.15) is 24.2 Å². The number of rotatable bonds is 5. The number of H-pyrrole nitrogens is 1. The van der Waals surface area contributed by atoms with Crippen LogP contribution >= 0.6 is 0 Å². The van der Waals surface area contributed by atoms with Gasteiger partial charge in [0.2, 0.25) is 0 Å². The van der Waals surface area contributed by atoms with Crippen molar-refractivity contribution in [1.29, 1.82) is 0 Å². The normalized spacial score (nSPS) is 12.4. The number of imidazole rings is 1. The third-order valence-corrected chi connectivity index (χ3v) is 2.75. The lowest BCUT2D eigenvalue weighted by molar-refractivity contribution is 0.413. The van der Waals surface area contributed by atoms with Gasteiger partial charge in [-0.25, -0.2) is 4.98 Å². The number of hydrogen-bond acceptors (Lipinski definition) is 3. The second-order valence-electron chi connectivity index (χ2n) is 3.96. The second-order valence-corrected chi connectivity index (χ2v) is 3.96. The number of nitrogens with one attached hydrogen (secondary N) is 2. The summed E-state index contributed by atoms with van der Waals surface area (Å²) in [5.74, 6) is 0.887. The van der Waals surface area contributed by atoms with E-state index >= 15 is 0 Å². The van der Waals surface area contributed by atoms with E-state index in [1.807, 2.05) is 24.4 Å². The Hall–Kier alpha value is -1.81. The van der Waals surface area contributed by atoms with Crippen LogP contribution in [0.2, 0.25) is 0 Å². The summed E-state index contributed by atoms with van der Waals surface area (Å²) in [5, 5.41) is 3.43. The number of aromatic amines is 1. The van der Waals surface area contributed by atoms with Crippen molar-refractivity contribution >= 4 is 0 Å². The summed E-state index contributed by atoms with van der Waals surface area (Å²) in [6.45, 7) is 2.91. The van der Waals surface area contributed by atoms with Gasteiger partial charge in [-0.1, -0.05) is 12.1 Å². The Kier molecular flexibility index (Phi) is 3.77. The maximum atomic E-state index is 5.21. The van der Waals surface area contributed by atoms with Crippen LogP contribution in [0.4, 0.5) is 0 Å². The van der Waals surface area contributed by atoms with E-state index in [0.29, 0.717) is 0 Å². The smallest absolute Gasteiger partial charge is 0.119 e. The predicted octanol–water partition coefficient (Wildman–Crippen LogP) is 2.27. The first-order chi connectivity index (χ1) is 8.29. The van der Waals surface area contributed by atoms with Gasteiger partial charge in [0.05, 0.1) is 13.4 Å². The molecule has 2 aromatic rings. The van der Waals surface area contributed by atoms with Gasteiger partial charge in [0, 0.05) is 24.5 Å². The average molecular weight is 231 g/mol. The zero-order valence-corrected chi connectivity index (χ0v) is 10.1. The Bertz CT molecular complexity index is 453. The van der Waals surface area contributed by atoms with Gasteiger partial charge in [0.15, 0.2) is 0 Å². The fourth-order valence-corrected chi connectivity index (χ4v) is 1.67. The van der Waals surface area contributed by atoms with E-state index in [0.717, 1.165) is 18.0 Å². The minimum Gasteiger partial charge on any atom is -0.497 e. The molecule has 4 nitrogen and oxygen atoms in total. The Morgan fingerprint density at radius 3 is 3.06 bits per heavy atom. The van der Waals surface area contributed by atoms with Gasteiger partial charge in [-0.2, -0.15) is 0 Å². The van der Waals surface area contributed by atoms with Crippen LogP contribution in [0, 0.1) is 0 Å². The molecule has 1 aromatic carbocycles. The lowest BCUT2D eigenvalue weighted by atomic mass is 10.1. The summed E-state index contributed by atoms with van der Waals surface area (Å²) in [5.41, 5.74) is 2.30. The molecule has 4 heteroatoms. The molecule has 1 atom stereocenters. The predicted molar refractivity (Wildman–Crippen MR) is 66.8 cm³/mol. The monoisotopic (exact) mass is 231 g/mol. The van der Waals surface area contributed by atoms with Crippen LogP contribution in [0.25, 0.3) is 0 Å². The maximum Gasteiger partial charge on any atom is 0.119 e. The molecule has 0 spiro atoms. The molecular weight excluding hydrogens is 214 g/mol. The van der Waals surface area contributed by atoms with E-state index in [-0.39, 0.29) is 6.04 Å². The molecule has 90 valence electrons. The molecule has 0 bridgehead atoms. The molecule has 0 unspecified atom stereocenters. The van der Waals surface area contributed by atoms with Crippen molar-refractivity contribution < 1.29 is 4.74 Å². The van der Waals surface area contributed by atoms with Crippen LogP contribution in [0.5, 0.6) is 5.75 Å². The van der Waals surface area contributed by atoms with E-state index in [1.165, 1.54) is 5.56 Å². The molecule has 17 heavy (non-hydrogen) atoms. The van der Waals surface area contributed by atoms with Gasteiger partial charge >= 0.3 is 0 Å². The van der Waals surface area contributed by atoms with Gasteiger partial charge in [-0.15, -0.1) is 0 Å². The van der Waals surface area contributed by atoms with Crippen molar-refractivity contribution in [1.82, 2.24) is 15.3 Å². The van der Waals surface area contributed by atoms with Crippen molar-refractivity contribution in [2.45, 2.75) is 19.5 Å². The van der Waals surface area contributed by atoms with Gasteiger partial charge in [0.1, 0.15) is 5.75 Å². The lowest BCUT2D eigenvalue weighted by Crippen LogP contribution is -2.18. The van der Waals surface area contributed by atoms with Crippen LogP contribution in [-0.4, -0.2) is 17.1 Å². The standard InChI is InChI=1S/C13H17N3O/c1-10(15-8-12-7-14-9-16-12)11-4-3-5-13(6-11)17-2/h3-7,9-10,15H,8H2,1-2H3,(H,14,16)/t10-/m1/s1. The fourth-order valence-electron chi connectivity index (χ4n) is 1.67. The second kappa shape index (κ2) is 5.50. The molecule has 0 aliphatic carbocycles. The molecule has 0 saturated heterocycles. The summed E-state index contributed by atoms with van der Waals surface area (Å²) in [7, 11) is 1.68. The van der Waals surface area contributed by atoms with Gasteiger partial charge in [-0.05, 0) is 24.6 Å². The van der Waals surface area contributed by atoms with Gasteiger partial charge in [0.25, 0.3) is 0 Å². The largest absolute Gasteiger partial charge is 0.497 e. The highest BCUT2D eigenvalue weighted by molar-refractivity contribution is 5.30. The van der Waals surface area contributed by atoms with Crippen molar-refractivity contribution in [3.63, 3.8) is 0 Å². The summed E-state index contributed by atoms with van der Waals surface area (Å²) in [6, 6.07) is 8.36. The maximum absolute atomic E-state index is 5.21. The van der Waals surface area contributed by atoms with Gasteiger partial charge in [-0.3, -0.25) is 0 Å². The molecule has 1 heterocycles. The van der Waals surface area contributed by atoms with Crippen LogP contribution in [0.15, 0.2) is 36.8 Å². The molecule has 0 radical (unpaired) electrons. The van der Waals surface area contributed by atoms with Crippen LogP contribution in [-0.2, 0) is 6.54 Å². The first kappa shape index (κ1) is 11.7. The Morgan fingerprint density at radius 2 is 2.35 bits per heavy atom. The quantitative estimate of drug-likeness (QED) is 0.830. The van der Waals surface area contributed by atoms with E-state index in [1.54, 1.807) is 13.4 Å². The molecule has 1 aromatic heterocycles. The topological polar surface area (TPSA) is 49.9 Å². The molecule has 2 N–H and O–H groups in total. The summed E-state index contributed by atoms with van der Waals surface area (Å²) in [4.78, 5) is 7.05. The average Bonchev–Trinajstić information content (AvgIpc) is 2.89. The number of methoxy groups -OCH3 is 1. The van der Waals surface area contributed by atoms with E-state index in [2.05, 4.69) is 28.3 Å². The third-order valence-electron chi connectivity index (χ3n) is 2.75. The Balaban J connectivity index is 1.96. The molecule has 2 rings (SSSR count). The highest BCUT2D eigenvalue weighted by atomic mass is 16.5. The zero-order chi connectivity index (χ0) is 12.1. The number of aromatic nitrogens is 2. The summed E-state index contributed by atoms with van der Waals surface area (Å²) in [6.07, 6.45) is 3.51. The molecule has 0 aliphatic rings. The Labute approximate surface area is 101 Å². The third kappa shape index (κ3) is 3.07. The number of hydrogen-bond donors (Lipinski definition) is 2. The summed E-state index contributed by atoms with van der Waals surface area (Å²) >= 11 is 0. The highest BCUT2D eigenvalue weighted by Gasteiger charge is 2.06. The van der Waals surface area contributed by atoms with E-state index in [4.69, 9.17) is 4.74 Å². The number of nitrogens with zero attached hydrogens (tertiary/aromatic N) is 1. The number of ether oxygens (including phenoxy) is 1. The fraction of sp³-hybridized carbons (Fsp3) is 0.308. The minimum atomic E-state index is 0.272. The first-order valence-electron chi connectivity index (χ1n) is 5.64. The van der Waals surface area contributed by atoms with Crippen molar-refractivity contribution in [2.24, 2.45) is 0 Å². The van der Waals surface area contributed by atoms with E-state index in [9.17, 15) is 0 Å². The van der Waals surface area contributed by atoms with Gasteiger partial charge < -0.3 is 15.0 Å². The zero-order valence-electron chi connectivity index (χ0n) is 10.1. The van der Waals surface area contributed by atoms with E-state index < -0.39 is 0 Å². The highest BCUT2D eigenvalue weighted by Crippen LogP contribution is 2.18. The minimum absolute atomic E-state index is 0.272. The van der Waals surface area contributed by atoms with Crippen LogP contribution < -0.4 is 10.1 Å². The molecule has 0 amide bonds.